The highest BCUT2D eigenvalue weighted by Gasteiger charge is 2.05. The highest BCUT2D eigenvalue weighted by molar-refractivity contribution is 6.17. The summed E-state index contributed by atoms with van der Waals surface area (Å²) in [5.41, 5.74) is 2.83. The molecule has 1 amide bonds. The third-order valence-electron chi connectivity index (χ3n) is 1.80. The predicted octanol–water partition coefficient (Wildman–Crippen LogP) is 2.69. The van der Waals surface area contributed by atoms with Crippen LogP contribution in [0.2, 0.25) is 0 Å². The minimum Gasteiger partial charge on any atom is -0.326 e. The Bertz CT molecular complexity index is 323. The van der Waals surface area contributed by atoms with Crippen LogP contribution in [0.4, 0.5) is 5.69 Å². The zero-order valence-corrected chi connectivity index (χ0v) is 8.48. The van der Waals surface area contributed by atoms with E-state index in [2.05, 4.69) is 5.32 Å². The highest BCUT2D eigenvalue weighted by Crippen LogP contribution is 2.21. The van der Waals surface area contributed by atoms with Crippen molar-refractivity contribution in [1.29, 1.82) is 0 Å². The molecule has 0 atom stereocenters. The molecule has 0 saturated carbocycles. The number of alkyl halides is 1. The van der Waals surface area contributed by atoms with E-state index in [1.54, 1.807) is 0 Å². The van der Waals surface area contributed by atoms with Gasteiger partial charge >= 0.3 is 0 Å². The van der Waals surface area contributed by atoms with Crippen molar-refractivity contribution in [3.8, 4) is 0 Å². The molecule has 1 rings (SSSR count). The first-order chi connectivity index (χ1) is 6.15. The fourth-order valence-corrected chi connectivity index (χ4v) is 1.42. The quantitative estimate of drug-likeness (QED) is 0.726. The van der Waals surface area contributed by atoms with Crippen LogP contribution in [0.3, 0.4) is 0 Å². The van der Waals surface area contributed by atoms with E-state index in [9.17, 15) is 4.79 Å². The average molecular weight is 198 g/mol. The lowest BCUT2D eigenvalue weighted by Gasteiger charge is -2.10. The van der Waals surface area contributed by atoms with Crippen molar-refractivity contribution < 1.29 is 4.79 Å². The van der Waals surface area contributed by atoms with Gasteiger partial charge in [-0.15, -0.1) is 11.6 Å². The van der Waals surface area contributed by atoms with E-state index >= 15 is 0 Å². The predicted molar refractivity (Wildman–Crippen MR) is 55.0 cm³/mol. The first-order valence-corrected chi connectivity index (χ1v) is 4.60. The molecule has 0 aliphatic rings. The number of hydrogen-bond donors (Lipinski definition) is 1. The summed E-state index contributed by atoms with van der Waals surface area (Å²) < 4.78 is 0. The van der Waals surface area contributed by atoms with Crippen molar-refractivity contribution >= 4 is 23.2 Å². The molecule has 0 aliphatic carbocycles. The Hall–Kier alpha value is -1.02. The Labute approximate surface area is 82.9 Å². The van der Waals surface area contributed by atoms with Gasteiger partial charge in [0.1, 0.15) is 0 Å². The lowest BCUT2D eigenvalue weighted by Crippen LogP contribution is -2.09. The zero-order chi connectivity index (χ0) is 9.84. The normalized spacial score (nSPS) is 9.77. The van der Waals surface area contributed by atoms with Gasteiger partial charge in [0, 0.05) is 18.5 Å². The van der Waals surface area contributed by atoms with E-state index in [0.29, 0.717) is 5.88 Å². The molecule has 0 aliphatic heterocycles. The number of para-hydroxylation sites is 1. The molecule has 0 spiro atoms. The van der Waals surface area contributed by atoms with Crippen LogP contribution < -0.4 is 5.32 Å². The molecule has 0 aromatic heterocycles. The van der Waals surface area contributed by atoms with E-state index in [4.69, 9.17) is 11.6 Å². The van der Waals surface area contributed by atoms with Gasteiger partial charge in [-0.1, -0.05) is 18.2 Å². The third-order valence-corrected chi connectivity index (χ3v) is 2.09. The Balaban J connectivity index is 3.07. The summed E-state index contributed by atoms with van der Waals surface area (Å²) in [5, 5.41) is 2.77. The molecule has 0 bridgehead atoms. The van der Waals surface area contributed by atoms with Gasteiger partial charge in [-0.25, -0.2) is 0 Å². The van der Waals surface area contributed by atoms with Gasteiger partial charge in [0.15, 0.2) is 0 Å². The standard InChI is InChI=1S/C10H12ClNO/c1-7-4-3-5-9(6-11)10(7)12-8(2)13/h3-5H,6H2,1-2H3,(H,12,13). The van der Waals surface area contributed by atoms with Crippen LogP contribution in [-0.4, -0.2) is 5.91 Å². The van der Waals surface area contributed by atoms with Crippen LogP contribution in [0.15, 0.2) is 18.2 Å². The molecule has 0 fully saturated rings. The molecule has 2 nitrogen and oxygen atoms in total. The minimum atomic E-state index is -0.0688. The lowest BCUT2D eigenvalue weighted by molar-refractivity contribution is -0.114. The highest BCUT2D eigenvalue weighted by atomic mass is 35.5. The van der Waals surface area contributed by atoms with E-state index in [0.717, 1.165) is 16.8 Å². The summed E-state index contributed by atoms with van der Waals surface area (Å²) in [4.78, 5) is 10.9. The lowest BCUT2D eigenvalue weighted by atomic mass is 10.1. The Morgan fingerprint density at radius 1 is 1.54 bits per heavy atom. The van der Waals surface area contributed by atoms with Crippen molar-refractivity contribution in [1.82, 2.24) is 0 Å². The molecule has 1 aromatic carbocycles. The first-order valence-electron chi connectivity index (χ1n) is 4.07. The van der Waals surface area contributed by atoms with Gasteiger partial charge in [0.25, 0.3) is 0 Å². The van der Waals surface area contributed by atoms with Crippen molar-refractivity contribution in [2.45, 2.75) is 19.7 Å². The molecule has 0 saturated heterocycles. The van der Waals surface area contributed by atoms with Crippen molar-refractivity contribution in [3.63, 3.8) is 0 Å². The van der Waals surface area contributed by atoms with E-state index < -0.39 is 0 Å². The minimum absolute atomic E-state index is 0.0688. The summed E-state index contributed by atoms with van der Waals surface area (Å²) in [6, 6.07) is 5.78. The fourth-order valence-electron chi connectivity index (χ4n) is 1.19. The largest absolute Gasteiger partial charge is 0.326 e. The maximum atomic E-state index is 10.9. The number of rotatable bonds is 2. The second-order valence-corrected chi connectivity index (χ2v) is 3.19. The average Bonchev–Trinajstić information content (AvgIpc) is 2.08. The number of benzene rings is 1. The van der Waals surface area contributed by atoms with E-state index in [-0.39, 0.29) is 5.91 Å². The SMILES string of the molecule is CC(=O)Nc1c(C)cccc1CCl. The molecule has 0 heterocycles. The number of halogens is 1. The summed E-state index contributed by atoms with van der Waals surface area (Å²) in [5.74, 6) is 0.345. The molecule has 1 aromatic rings. The van der Waals surface area contributed by atoms with Gasteiger partial charge in [-0.05, 0) is 18.1 Å². The van der Waals surface area contributed by atoms with Gasteiger partial charge in [0.2, 0.25) is 5.91 Å². The van der Waals surface area contributed by atoms with Gasteiger partial charge in [-0.3, -0.25) is 4.79 Å². The summed E-state index contributed by atoms with van der Waals surface area (Å²) in [7, 11) is 0. The number of carbonyl (C=O) groups excluding carboxylic acids is 1. The molecule has 3 heteroatoms. The Morgan fingerprint density at radius 3 is 2.77 bits per heavy atom. The molecule has 0 unspecified atom stereocenters. The van der Waals surface area contributed by atoms with Gasteiger partial charge in [0.05, 0.1) is 0 Å². The van der Waals surface area contributed by atoms with Gasteiger partial charge < -0.3 is 5.32 Å². The molecule has 70 valence electrons. The van der Waals surface area contributed by atoms with Crippen molar-refractivity contribution in [2.24, 2.45) is 0 Å². The zero-order valence-electron chi connectivity index (χ0n) is 7.73. The topological polar surface area (TPSA) is 29.1 Å². The summed E-state index contributed by atoms with van der Waals surface area (Å²) in [6.45, 7) is 3.44. The number of nitrogens with one attached hydrogen (secondary N) is 1. The number of carbonyl (C=O) groups is 1. The van der Waals surface area contributed by atoms with Crippen LogP contribution >= 0.6 is 11.6 Å². The third kappa shape index (κ3) is 2.46. The summed E-state index contributed by atoms with van der Waals surface area (Å²) in [6.07, 6.45) is 0. The van der Waals surface area contributed by atoms with Crippen LogP contribution in [0.5, 0.6) is 0 Å². The number of hydrogen-bond acceptors (Lipinski definition) is 1. The van der Waals surface area contributed by atoms with Crippen LogP contribution in [0.25, 0.3) is 0 Å². The Morgan fingerprint density at radius 2 is 2.23 bits per heavy atom. The van der Waals surface area contributed by atoms with E-state index in [1.165, 1.54) is 6.92 Å². The van der Waals surface area contributed by atoms with Crippen molar-refractivity contribution in [3.05, 3.63) is 29.3 Å². The maximum Gasteiger partial charge on any atom is 0.221 e. The van der Waals surface area contributed by atoms with Crippen molar-refractivity contribution in [2.75, 3.05) is 5.32 Å². The number of amides is 1. The second kappa shape index (κ2) is 4.28. The van der Waals surface area contributed by atoms with Crippen LogP contribution in [0.1, 0.15) is 18.1 Å². The molecular weight excluding hydrogens is 186 g/mol. The monoisotopic (exact) mass is 197 g/mol. The smallest absolute Gasteiger partial charge is 0.221 e. The van der Waals surface area contributed by atoms with Crippen LogP contribution in [-0.2, 0) is 10.7 Å². The molecule has 1 N–H and O–H groups in total. The van der Waals surface area contributed by atoms with Gasteiger partial charge in [-0.2, -0.15) is 0 Å². The number of aryl methyl sites for hydroxylation is 1. The fraction of sp³-hybridized carbons (Fsp3) is 0.300. The number of anilines is 1. The maximum absolute atomic E-state index is 10.9. The van der Waals surface area contributed by atoms with E-state index in [1.807, 2.05) is 25.1 Å². The molecular formula is C10H12ClNO. The summed E-state index contributed by atoms with van der Waals surface area (Å²) >= 11 is 5.74. The molecule has 13 heavy (non-hydrogen) atoms. The molecule has 0 radical (unpaired) electrons. The second-order valence-electron chi connectivity index (χ2n) is 2.92. The van der Waals surface area contributed by atoms with Crippen LogP contribution in [0, 0.1) is 6.92 Å². The Kier molecular flexibility index (Phi) is 3.32. The first kappa shape index (κ1) is 10.1.